The molecule has 2 rings (SSSR count). The van der Waals surface area contributed by atoms with E-state index >= 15 is 0 Å². The Hall–Kier alpha value is -1.43. The van der Waals surface area contributed by atoms with E-state index < -0.39 is 0 Å². The molecule has 2 aromatic rings. The van der Waals surface area contributed by atoms with Crippen molar-refractivity contribution >= 4 is 11.3 Å². The number of hydrogen-bond acceptors (Lipinski definition) is 4. The Kier molecular flexibility index (Phi) is 4.90. The van der Waals surface area contributed by atoms with E-state index in [1.54, 1.807) is 17.4 Å². The maximum Gasteiger partial charge on any atom is 0.165 e. The highest BCUT2D eigenvalue weighted by atomic mass is 32.1. The molecule has 0 aliphatic heterocycles. The zero-order chi connectivity index (χ0) is 13.7. The highest BCUT2D eigenvalue weighted by Gasteiger charge is 2.12. The van der Waals surface area contributed by atoms with Crippen molar-refractivity contribution in [3.05, 3.63) is 52.0 Å². The van der Waals surface area contributed by atoms with Crippen LogP contribution in [0.15, 0.2) is 35.7 Å². The molecule has 0 spiro atoms. The minimum absolute atomic E-state index is 0.0671. The average Bonchev–Trinajstić information content (AvgIpc) is 2.93. The van der Waals surface area contributed by atoms with Gasteiger partial charge in [-0.3, -0.25) is 0 Å². The van der Waals surface area contributed by atoms with E-state index in [4.69, 9.17) is 10.5 Å². The Bertz CT molecular complexity index is 516. The van der Waals surface area contributed by atoms with Crippen LogP contribution < -0.4 is 15.8 Å². The number of halogens is 1. The molecule has 1 atom stereocenters. The van der Waals surface area contributed by atoms with E-state index in [9.17, 15) is 4.39 Å². The van der Waals surface area contributed by atoms with Gasteiger partial charge >= 0.3 is 0 Å². The summed E-state index contributed by atoms with van der Waals surface area (Å²) in [6.07, 6.45) is 0. The van der Waals surface area contributed by atoms with Crippen molar-refractivity contribution in [2.75, 3.05) is 13.7 Å². The molecule has 1 aromatic heterocycles. The Morgan fingerprint density at radius 3 is 2.84 bits per heavy atom. The first kappa shape index (κ1) is 14.0. The van der Waals surface area contributed by atoms with Gasteiger partial charge in [0, 0.05) is 24.0 Å². The normalized spacial score (nSPS) is 12.4. The summed E-state index contributed by atoms with van der Waals surface area (Å²) in [5.74, 6) is -0.117. The second-order valence-electron chi connectivity index (χ2n) is 4.14. The SMILES string of the molecule is COc1ccc(C(CN)NCc2cccs2)cc1F. The highest BCUT2D eigenvalue weighted by Crippen LogP contribution is 2.22. The van der Waals surface area contributed by atoms with Crippen LogP contribution in [0.25, 0.3) is 0 Å². The van der Waals surface area contributed by atoms with Gasteiger partial charge in [0.25, 0.3) is 0 Å². The van der Waals surface area contributed by atoms with Gasteiger partial charge in [0.1, 0.15) is 0 Å². The Morgan fingerprint density at radius 2 is 2.26 bits per heavy atom. The summed E-state index contributed by atoms with van der Waals surface area (Å²) in [7, 11) is 1.45. The number of nitrogens with two attached hydrogens (primary N) is 1. The second kappa shape index (κ2) is 6.65. The number of hydrogen-bond donors (Lipinski definition) is 2. The first-order valence-corrected chi connectivity index (χ1v) is 6.92. The van der Waals surface area contributed by atoms with Crippen LogP contribution in [-0.4, -0.2) is 13.7 Å². The molecular formula is C14H17FN2OS. The summed E-state index contributed by atoms with van der Waals surface area (Å²) in [6, 6.07) is 8.92. The number of benzene rings is 1. The maximum absolute atomic E-state index is 13.7. The molecule has 0 bridgehead atoms. The fourth-order valence-electron chi connectivity index (χ4n) is 1.87. The van der Waals surface area contributed by atoms with Crippen LogP contribution in [0.1, 0.15) is 16.5 Å². The minimum Gasteiger partial charge on any atom is -0.494 e. The number of thiophene rings is 1. The lowest BCUT2D eigenvalue weighted by Crippen LogP contribution is -2.27. The van der Waals surface area contributed by atoms with Gasteiger partial charge in [0.2, 0.25) is 0 Å². The van der Waals surface area contributed by atoms with E-state index in [0.717, 1.165) is 12.1 Å². The van der Waals surface area contributed by atoms with Gasteiger partial charge in [-0.2, -0.15) is 0 Å². The van der Waals surface area contributed by atoms with E-state index in [1.165, 1.54) is 18.1 Å². The second-order valence-corrected chi connectivity index (χ2v) is 5.17. The van der Waals surface area contributed by atoms with E-state index in [0.29, 0.717) is 6.54 Å². The lowest BCUT2D eigenvalue weighted by atomic mass is 10.1. The van der Waals surface area contributed by atoms with Crippen molar-refractivity contribution in [2.24, 2.45) is 5.73 Å². The predicted octanol–water partition coefficient (Wildman–Crippen LogP) is 2.69. The fraction of sp³-hybridized carbons (Fsp3) is 0.286. The Labute approximate surface area is 116 Å². The third-order valence-electron chi connectivity index (χ3n) is 2.92. The van der Waals surface area contributed by atoms with Crippen molar-refractivity contribution in [2.45, 2.75) is 12.6 Å². The minimum atomic E-state index is -0.364. The average molecular weight is 280 g/mol. The van der Waals surface area contributed by atoms with Crippen LogP contribution in [0.2, 0.25) is 0 Å². The molecule has 0 amide bonds. The molecule has 0 fully saturated rings. The monoisotopic (exact) mass is 280 g/mol. The molecule has 1 unspecified atom stereocenters. The van der Waals surface area contributed by atoms with Gasteiger partial charge in [-0.1, -0.05) is 12.1 Å². The molecule has 5 heteroatoms. The zero-order valence-electron chi connectivity index (χ0n) is 10.7. The zero-order valence-corrected chi connectivity index (χ0v) is 11.5. The predicted molar refractivity (Wildman–Crippen MR) is 75.9 cm³/mol. The number of rotatable bonds is 6. The van der Waals surface area contributed by atoms with Crippen LogP contribution in [0.5, 0.6) is 5.75 Å². The molecule has 0 aliphatic rings. The molecule has 102 valence electrons. The third-order valence-corrected chi connectivity index (χ3v) is 3.79. The molecule has 1 heterocycles. The maximum atomic E-state index is 13.7. The van der Waals surface area contributed by atoms with Gasteiger partial charge in [-0.15, -0.1) is 11.3 Å². The van der Waals surface area contributed by atoms with Crippen molar-refractivity contribution in [3.63, 3.8) is 0 Å². The molecule has 1 aromatic carbocycles. The third kappa shape index (κ3) is 3.53. The van der Waals surface area contributed by atoms with Crippen LogP contribution >= 0.6 is 11.3 Å². The summed E-state index contributed by atoms with van der Waals surface area (Å²) in [4.78, 5) is 1.23. The summed E-state index contributed by atoms with van der Waals surface area (Å²) in [5.41, 5.74) is 6.58. The van der Waals surface area contributed by atoms with Gasteiger partial charge in [-0.05, 0) is 29.1 Å². The van der Waals surface area contributed by atoms with Gasteiger partial charge < -0.3 is 15.8 Å². The smallest absolute Gasteiger partial charge is 0.165 e. The van der Waals surface area contributed by atoms with Crippen molar-refractivity contribution < 1.29 is 9.13 Å². The van der Waals surface area contributed by atoms with Gasteiger partial charge in [0.15, 0.2) is 11.6 Å². The highest BCUT2D eigenvalue weighted by molar-refractivity contribution is 7.09. The van der Waals surface area contributed by atoms with Gasteiger partial charge in [-0.25, -0.2) is 4.39 Å². The van der Waals surface area contributed by atoms with Crippen molar-refractivity contribution in [1.82, 2.24) is 5.32 Å². The molecule has 0 radical (unpaired) electrons. The summed E-state index contributed by atoms with van der Waals surface area (Å²) < 4.78 is 18.6. The topological polar surface area (TPSA) is 47.3 Å². The van der Waals surface area contributed by atoms with E-state index in [2.05, 4.69) is 11.4 Å². The molecule has 19 heavy (non-hydrogen) atoms. The van der Waals surface area contributed by atoms with E-state index in [1.807, 2.05) is 17.5 Å². The summed E-state index contributed by atoms with van der Waals surface area (Å²) in [6.45, 7) is 1.14. The lowest BCUT2D eigenvalue weighted by Gasteiger charge is -2.17. The van der Waals surface area contributed by atoms with Crippen LogP contribution in [-0.2, 0) is 6.54 Å². The Balaban J connectivity index is 2.06. The van der Waals surface area contributed by atoms with Crippen molar-refractivity contribution in [3.8, 4) is 5.75 Å². The molecule has 0 aliphatic carbocycles. The fourth-order valence-corrected chi connectivity index (χ4v) is 2.53. The number of ether oxygens (including phenoxy) is 1. The molecular weight excluding hydrogens is 263 g/mol. The lowest BCUT2D eigenvalue weighted by molar-refractivity contribution is 0.385. The first-order valence-electron chi connectivity index (χ1n) is 6.04. The summed E-state index contributed by atoms with van der Waals surface area (Å²) >= 11 is 1.68. The number of nitrogens with one attached hydrogen (secondary N) is 1. The van der Waals surface area contributed by atoms with Crippen LogP contribution in [0, 0.1) is 5.82 Å². The molecule has 3 N–H and O–H groups in total. The van der Waals surface area contributed by atoms with Crippen molar-refractivity contribution in [1.29, 1.82) is 0 Å². The summed E-state index contributed by atoms with van der Waals surface area (Å²) in [5, 5.41) is 5.36. The largest absolute Gasteiger partial charge is 0.494 e. The Morgan fingerprint density at radius 1 is 1.42 bits per heavy atom. The molecule has 3 nitrogen and oxygen atoms in total. The van der Waals surface area contributed by atoms with Crippen LogP contribution in [0.4, 0.5) is 4.39 Å². The molecule has 0 saturated carbocycles. The standard InChI is InChI=1S/C14H17FN2OS/c1-18-14-5-4-10(7-12(14)15)13(8-16)17-9-11-3-2-6-19-11/h2-7,13,17H,8-9,16H2,1H3. The first-order chi connectivity index (χ1) is 9.24. The number of methoxy groups -OCH3 is 1. The quantitative estimate of drug-likeness (QED) is 0.855. The van der Waals surface area contributed by atoms with Crippen LogP contribution in [0.3, 0.4) is 0 Å². The van der Waals surface area contributed by atoms with E-state index in [-0.39, 0.29) is 17.6 Å². The van der Waals surface area contributed by atoms with Gasteiger partial charge in [0.05, 0.1) is 7.11 Å². The molecule has 0 saturated heterocycles.